The molecule has 1 atom stereocenters. The molecule has 1 saturated carbocycles. The first-order chi connectivity index (χ1) is 10.5. The second kappa shape index (κ2) is 5.96. The molecule has 1 aliphatic carbocycles. The molecule has 0 bridgehead atoms. The first-order valence-electron chi connectivity index (χ1n) is 6.73. The van der Waals surface area contributed by atoms with Gasteiger partial charge in [0.15, 0.2) is 5.78 Å². The Morgan fingerprint density at radius 1 is 1.41 bits per heavy atom. The zero-order chi connectivity index (χ0) is 15.9. The van der Waals surface area contributed by atoms with Crippen LogP contribution >= 0.6 is 15.9 Å². The molecule has 0 N–H and O–H groups in total. The number of hydrogen-bond acceptors (Lipinski definition) is 5. The van der Waals surface area contributed by atoms with E-state index in [0.717, 1.165) is 12.8 Å². The molecular weight excluding hydrogens is 370 g/mol. The van der Waals surface area contributed by atoms with Gasteiger partial charge in [-0.2, -0.15) is 0 Å². The molecule has 0 aliphatic heterocycles. The van der Waals surface area contributed by atoms with Crippen molar-refractivity contribution in [3.05, 3.63) is 39.7 Å². The molecular formula is C15H14BrNO4S. The molecule has 2 aromatic rings. The second-order valence-electron chi connectivity index (χ2n) is 5.13. The Labute approximate surface area is 138 Å². The van der Waals surface area contributed by atoms with E-state index in [4.69, 9.17) is 9.26 Å². The second-order valence-corrected chi connectivity index (χ2v) is 7.30. The van der Waals surface area contributed by atoms with Crippen molar-refractivity contribution in [3.8, 4) is 5.75 Å². The van der Waals surface area contributed by atoms with Gasteiger partial charge in [-0.25, -0.2) is 0 Å². The van der Waals surface area contributed by atoms with Crippen LogP contribution in [0.4, 0.5) is 0 Å². The van der Waals surface area contributed by atoms with Crippen LogP contribution in [0.1, 0.15) is 40.4 Å². The summed E-state index contributed by atoms with van der Waals surface area (Å²) >= 11 is 3.35. The summed E-state index contributed by atoms with van der Waals surface area (Å²) in [5, 5.41) is 3.95. The smallest absolute Gasteiger partial charge is 0.199 e. The molecule has 22 heavy (non-hydrogen) atoms. The maximum absolute atomic E-state index is 12.9. The van der Waals surface area contributed by atoms with Crippen LogP contribution in [0.2, 0.25) is 0 Å². The van der Waals surface area contributed by atoms with Gasteiger partial charge in [-0.05, 0) is 40.9 Å². The van der Waals surface area contributed by atoms with Crippen molar-refractivity contribution >= 4 is 32.5 Å². The van der Waals surface area contributed by atoms with Crippen molar-refractivity contribution in [3.63, 3.8) is 0 Å². The molecule has 0 spiro atoms. The van der Waals surface area contributed by atoms with Crippen LogP contribution in [-0.2, 0) is 10.8 Å². The third kappa shape index (κ3) is 2.63. The van der Waals surface area contributed by atoms with Crippen LogP contribution in [-0.4, -0.2) is 28.5 Å². The number of ether oxygens (including phenoxy) is 1. The van der Waals surface area contributed by atoms with Crippen LogP contribution in [0.3, 0.4) is 0 Å². The van der Waals surface area contributed by atoms with Crippen molar-refractivity contribution < 1.29 is 18.3 Å². The van der Waals surface area contributed by atoms with Crippen LogP contribution in [0.5, 0.6) is 5.75 Å². The number of methoxy groups -OCH3 is 1. The predicted octanol–water partition coefficient (Wildman–Crippen LogP) is 3.29. The molecule has 0 amide bonds. The first kappa shape index (κ1) is 15.4. The highest BCUT2D eigenvalue weighted by atomic mass is 79.9. The van der Waals surface area contributed by atoms with E-state index in [1.54, 1.807) is 12.1 Å². The Morgan fingerprint density at radius 2 is 2.14 bits per heavy atom. The Kier molecular flexibility index (Phi) is 4.18. The maximum Gasteiger partial charge on any atom is 0.199 e. The van der Waals surface area contributed by atoms with Crippen molar-refractivity contribution in [1.29, 1.82) is 0 Å². The van der Waals surface area contributed by atoms with Crippen molar-refractivity contribution in [1.82, 2.24) is 5.16 Å². The normalized spacial score (nSPS) is 15.6. The quantitative estimate of drug-likeness (QED) is 0.740. The number of halogens is 1. The van der Waals surface area contributed by atoms with Crippen LogP contribution in [0.15, 0.2) is 32.3 Å². The number of nitrogens with zero attached hydrogens (tertiary/aromatic N) is 1. The zero-order valence-electron chi connectivity index (χ0n) is 12.1. The Hall–Kier alpha value is -1.47. The molecule has 1 heterocycles. The van der Waals surface area contributed by atoms with E-state index in [-0.39, 0.29) is 5.78 Å². The lowest BCUT2D eigenvalue weighted by Gasteiger charge is -2.12. The summed E-state index contributed by atoms with van der Waals surface area (Å²) in [5.74, 6) is 0.473. The fourth-order valence-electron chi connectivity index (χ4n) is 2.40. The fourth-order valence-corrected chi connectivity index (χ4v) is 3.95. The lowest BCUT2D eigenvalue weighted by molar-refractivity contribution is 0.103. The third-order valence-electron chi connectivity index (χ3n) is 3.61. The molecule has 1 aromatic heterocycles. The number of ketones is 1. The van der Waals surface area contributed by atoms with Gasteiger partial charge in [0.1, 0.15) is 12.0 Å². The highest BCUT2D eigenvalue weighted by molar-refractivity contribution is 9.10. The molecule has 116 valence electrons. The molecule has 5 nitrogen and oxygen atoms in total. The zero-order valence-corrected chi connectivity index (χ0v) is 14.5. The van der Waals surface area contributed by atoms with E-state index in [9.17, 15) is 9.00 Å². The topological polar surface area (TPSA) is 69.4 Å². The van der Waals surface area contributed by atoms with Gasteiger partial charge in [0.2, 0.25) is 0 Å². The first-order valence-corrected chi connectivity index (χ1v) is 9.08. The van der Waals surface area contributed by atoms with Crippen molar-refractivity contribution in [2.45, 2.75) is 23.7 Å². The van der Waals surface area contributed by atoms with Gasteiger partial charge in [-0.1, -0.05) is 5.16 Å². The van der Waals surface area contributed by atoms with Gasteiger partial charge in [-0.15, -0.1) is 0 Å². The minimum Gasteiger partial charge on any atom is -0.494 e. The van der Waals surface area contributed by atoms with E-state index < -0.39 is 10.8 Å². The standard InChI is InChI=1S/C15H14BrNO4S/c1-20-14-11(16)6-5-9(15(14)22(2)19)13(18)10-7-21-17-12(10)8-3-4-8/h5-8H,3-4H2,1-2H3. The Balaban J connectivity index is 2.13. The lowest BCUT2D eigenvalue weighted by atomic mass is 10.0. The molecule has 0 saturated heterocycles. The van der Waals surface area contributed by atoms with Crippen molar-refractivity contribution in [2.75, 3.05) is 13.4 Å². The minimum atomic E-state index is -1.37. The summed E-state index contributed by atoms with van der Waals surface area (Å²) in [6.07, 6.45) is 4.93. The largest absolute Gasteiger partial charge is 0.494 e. The van der Waals surface area contributed by atoms with E-state index in [1.807, 2.05) is 0 Å². The summed E-state index contributed by atoms with van der Waals surface area (Å²) < 4.78 is 23.1. The number of carbonyl (C=O) groups excluding carboxylic acids is 1. The van der Waals surface area contributed by atoms with E-state index in [0.29, 0.717) is 37.9 Å². The van der Waals surface area contributed by atoms with E-state index in [2.05, 4.69) is 21.1 Å². The molecule has 7 heteroatoms. The Morgan fingerprint density at radius 3 is 2.73 bits per heavy atom. The fraction of sp³-hybridized carbons (Fsp3) is 0.333. The molecule has 1 aliphatic rings. The SMILES string of the molecule is COc1c(Br)ccc(C(=O)c2conc2C2CC2)c1S(C)=O. The maximum atomic E-state index is 12.9. The minimum absolute atomic E-state index is 0.237. The average molecular weight is 384 g/mol. The van der Waals surface area contributed by atoms with E-state index in [1.165, 1.54) is 19.6 Å². The summed E-state index contributed by atoms with van der Waals surface area (Å²) in [5.41, 5.74) is 1.49. The van der Waals surface area contributed by atoms with Crippen LogP contribution in [0, 0.1) is 0 Å². The number of carbonyl (C=O) groups is 1. The van der Waals surface area contributed by atoms with Gasteiger partial charge >= 0.3 is 0 Å². The summed E-state index contributed by atoms with van der Waals surface area (Å²) in [6, 6.07) is 3.36. The van der Waals surface area contributed by atoms with Crippen molar-refractivity contribution in [2.24, 2.45) is 0 Å². The Bertz CT molecular complexity index is 767. The van der Waals surface area contributed by atoms with Gasteiger partial charge < -0.3 is 9.26 Å². The number of aromatic nitrogens is 1. The van der Waals surface area contributed by atoms with Gasteiger partial charge in [0.25, 0.3) is 0 Å². The van der Waals surface area contributed by atoms with Gasteiger partial charge in [0.05, 0.1) is 38.5 Å². The summed E-state index contributed by atoms with van der Waals surface area (Å²) in [7, 11) is 0.113. The van der Waals surface area contributed by atoms with Crippen LogP contribution in [0.25, 0.3) is 0 Å². The lowest BCUT2D eigenvalue weighted by Crippen LogP contribution is -2.09. The van der Waals surface area contributed by atoms with Gasteiger partial charge in [0, 0.05) is 17.7 Å². The van der Waals surface area contributed by atoms with E-state index >= 15 is 0 Å². The molecule has 1 aromatic carbocycles. The molecule has 3 rings (SSSR count). The highest BCUT2D eigenvalue weighted by Crippen LogP contribution is 2.42. The number of rotatable bonds is 5. The average Bonchev–Trinajstić information content (AvgIpc) is 3.23. The number of hydrogen-bond donors (Lipinski definition) is 0. The van der Waals surface area contributed by atoms with Crippen LogP contribution < -0.4 is 4.74 Å². The number of benzene rings is 1. The summed E-state index contributed by atoms with van der Waals surface area (Å²) in [6.45, 7) is 0. The molecule has 1 unspecified atom stereocenters. The molecule has 1 fully saturated rings. The summed E-state index contributed by atoms with van der Waals surface area (Å²) in [4.78, 5) is 13.2. The highest BCUT2D eigenvalue weighted by Gasteiger charge is 2.33. The third-order valence-corrected chi connectivity index (χ3v) is 5.21. The predicted molar refractivity (Wildman–Crippen MR) is 84.9 cm³/mol. The monoisotopic (exact) mass is 383 g/mol. The molecule has 0 radical (unpaired) electrons. The van der Waals surface area contributed by atoms with Gasteiger partial charge in [-0.3, -0.25) is 9.00 Å².